The van der Waals surface area contributed by atoms with Gasteiger partial charge in [0.1, 0.15) is 11.6 Å². The number of hydrogen-bond donors (Lipinski definition) is 2. The Kier molecular flexibility index (Phi) is 3.56. The lowest BCUT2D eigenvalue weighted by Gasteiger charge is -2.34. The van der Waals surface area contributed by atoms with Gasteiger partial charge in [0, 0.05) is 6.54 Å². The zero-order valence-electron chi connectivity index (χ0n) is 11.3. The van der Waals surface area contributed by atoms with Crippen LogP contribution in [0.3, 0.4) is 0 Å². The van der Waals surface area contributed by atoms with Gasteiger partial charge in [-0.25, -0.2) is 4.98 Å². The van der Waals surface area contributed by atoms with Crippen molar-refractivity contribution in [1.82, 2.24) is 10.3 Å². The number of aromatic nitrogens is 1. The summed E-state index contributed by atoms with van der Waals surface area (Å²) >= 11 is 0. The zero-order chi connectivity index (χ0) is 15.9. The summed E-state index contributed by atoms with van der Waals surface area (Å²) in [6.07, 6.45) is -4.75. The number of fused-ring (bicyclic) bond motifs is 1. The minimum Gasteiger partial charge on any atom is -0.480 e. The number of para-hydroxylation sites is 2. The highest BCUT2D eigenvalue weighted by Crippen LogP contribution is 2.39. The van der Waals surface area contributed by atoms with Crippen LogP contribution in [0.5, 0.6) is 0 Å². The normalized spacial score (nSPS) is 26.2. The Hall–Kier alpha value is -2.09. The molecule has 118 valence electrons. The summed E-state index contributed by atoms with van der Waals surface area (Å²) in [4.78, 5) is 15.4. The molecule has 1 aromatic heterocycles. The maximum absolute atomic E-state index is 12.9. The smallest absolute Gasteiger partial charge is 0.393 e. The van der Waals surface area contributed by atoms with Crippen LogP contribution < -0.4 is 5.32 Å². The molecule has 0 spiro atoms. The van der Waals surface area contributed by atoms with Crippen molar-refractivity contribution in [3.8, 4) is 0 Å². The lowest BCUT2D eigenvalue weighted by Crippen LogP contribution is -2.52. The minimum absolute atomic E-state index is 0.0232. The van der Waals surface area contributed by atoms with Crippen LogP contribution in [0.25, 0.3) is 11.1 Å². The van der Waals surface area contributed by atoms with Gasteiger partial charge in [0.05, 0.1) is 11.8 Å². The standard InChI is InChI=1S/C14H13F3N2O3/c15-14(16,17)7-5-8(11(13(20)21)18-6-7)12-19-9-3-1-2-4-10(9)22-12/h1-4,7-8,11,18H,5-6H2,(H,20,21)/t7?,8?,11-/m0/s1. The average molecular weight is 314 g/mol. The van der Waals surface area contributed by atoms with Crippen molar-refractivity contribution >= 4 is 17.1 Å². The van der Waals surface area contributed by atoms with E-state index in [0.29, 0.717) is 11.1 Å². The van der Waals surface area contributed by atoms with E-state index in [9.17, 15) is 23.1 Å². The summed E-state index contributed by atoms with van der Waals surface area (Å²) in [5.41, 5.74) is 0.923. The van der Waals surface area contributed by atoms with E-state index in [0.717, 1.165) is 0 Å². The summed E-state index contributed by atoms with van der Waals surface area (Å²) in [6, 6.07) is 5.59. The van der Waals surface area contributed by atoms with Crippen LogP contribution in [-0.2, 0) is 4.79 Å². The maximum Gasteiger partial charge on any atom is 0.393 e. The van der Waals surface area contributed by atoms with Gasteiger partial charge in [0.25, 0.3) is 0 Å². The zero-order valence-corrected chi connectivity index (χ0v) is 11.3. The molecule has 3 rings (SSSR count). The predicted octanol–water partition coefficient (Wildman–Crippen LogP) is 2.54. The molecule has 0 bridgehead atoms. The Labute approximate surface area is 123 Å². The third-order valence-corrected chi connectivity index (χ3v) is 3.88. The molecule has 22 heavy (non-hydrogen) atoms. The lowest BCUT2D eigenvalue weighted by atomic mass is 9.84. The second kappa shape index (κ2) is 5.28. The first-order valence-electron chi connectivity index (χ1n) is 6.74. The highest BCUT2D eigenvalue weighted by molar-refractivity contribution is 5.76. The van der Waals surface area contributed by atoms with Crippen molar-refractivity contribution in [2.24, 2.45) is 5.92 Å². The first kappa shape index (κ1) is 14.8. The molecular formula is C14H13F3N2O3. The van der Waals surface area contributed by atoms with Gasteiger partial charge < -0.3 is 14.8 Å². The molecule has 0 amide bonds. The number of benzene rings is 1. The predicted molar refractivity (Wildman–Crippen MR) is 70.3 cm³/mol. The molecular weight excluding hydrogens is 301 g/mol. The van der Waals surface area contributed by atoms with Crippen molar-refractivity contribution in [2.45, 2.75) is 24.6 Å². The fourth-order valence-electron chi connectivity index (χ4n) is 2.74. The number of nitrogens with zero attached hydrogens (tertiary/aromatic N) is 1. The van der Waals surface area contributed by atoms with Gasteiger partial charge in [-0.15, -0.1) is 0 Å². The Morgan fingerprint density at radius 1 is 1.36 bits per heavy atom. The molecule has 1 aliphatic rings. The van der Waals surface area contributed by atoms with E-state index >= 15 is 0 Å². The van der Waals surface area contributed by atoms with Crippen LogP contribution in [0.4, 0.5) is 13.2 Å². The first-order valence-corrected chi connectivity index (χ1v) is 6.74. The van der Waals surface area contributed by atoms with Crippen molar-refractivity contribution < 1.29 is 27.5 Å². The molecule has 2 N–H and O–H groups in total. The SMILES string of the molecule is O=C(O)[C@H]1NCC(C(F)(F)F)CC1c1nc2ccccc2o1. The topological polar surface area (TPSA) is 75.4 Å². The third-order valence-electron chi connectivity index (χ3n) is 3.88. The van der Waals surface area contributed by atoms with Gasteiger partial charge in [0.15, 0.2) is 5.58 Å². The van der Waals surface area contributed by atoms with E-state index in [4.69, 9.17) is 4.42 Å². The summed E-state index contributed by atoms with van der Waals surface area (Å²) < 4.78 is 44.2. The molecule has 2 heterocycles. The average Bonchev–Trinajstić information content (AvgIpc) is 2.89. The minimum atomic E-state index is -4.39. The maximum atomic E-state index is 12.9. The summed E-state index contributed by atoms with van der Waals surface area (Å²) in [6.45, 7) is -0.419. The van der Waals surface area contributed by atoms with Gasteiger partial charge >= 0.3 is 12.1 Å². The van der Waals surface area contributed by atoms with E-state index in [1.54, 1.807) is 24.3 Å². The van der Waals surface area contributed by atoms with Crippen LogP contribution in [0.15, 0.2) is 28.7 Å². The molecule has 2 aromatic rings. The van der Waals surface area contributed by atoms with Gasteiger partial charge in [-0.3, -0.25) is 4.79 Å². The Balaban J connectivity index is 1.96. The van der Waals surface area contributed by atoms with E-state index in [1.807, 2.05) is 0 Å². The molecule has 2 unspecified atom stereocenters. The van der Waals surface area contributed by atoms with Crippen LogP contribution in [0.1, 0.15) is 18.2 Å². The van der Waals surface area contributed by atoms with Gasteiger partial charge in [-0.05, 0) is 18.6 Å². The highest BCUT2D eigenvalue weighted by Gasteiger charge is 2.48. The van der Waals surface area contributed by atoms with Crippen molar-refractivity contribution in [1.29, 1.82) is 0 Å². The van der Waals surface area contributed by atoms with Gasteiger partial charge in [-0.2, -0.15) is 13.2 Å². The molecule has 5 nitrogen and oxygen atoms in total. The van der Waals surface area contributed by atoms with Crippen molar-refractivity contribution in [3.05, 3.63) is 30.2 Å². The monoisotopic (exact) mass is 314 g/mol. The second-order valence-electron chi connectivity index (χ2n) is 5.32. The molecule has 8 heteroatoms. The largest absolute Gasteiger partial charge is 0.480 e. The number of oxazole rings is 1. The second-order valence-corrected chi connectivity index (χ2v) is 5.32. The van der Waals surface area contributed by atoms with Crippen LogP contribution in [-0.4, -0.2) is 34.8 Å². The highest BCUT2D eigenvalue weighted by atomic mass is 19.4. The molecule has 1 fully saturated rings. The Bertz CT molecular complexity index is 665. The van der Waals surface area contributed by atoms with Gasteiger partial charge in [-0.1, -0.05) is 12.1 Å². The number of piperidine rings is 1. The number of hydrogen-bond acceptors (Lipinski definition) is 4. The molecule has 1 aliphatic heterocycles. The van der Waals surface area contributed by atoms with E-state index in [-0.39, 0.29) is 12.3 Å². The number of alkyl halides is 3. The number of carboxylic acid groups (broad SMARTS) is 1. The van der Waals surface area contributed by atoms with E-state index in [1.165, 1.54) is 0 Å². The molecule has 0 radical (unpaired) electrons. The van der Waals surface area contributed by atoms with Crippen molar-refractivity contribution in [2.75, 3.05) is 6.54 Å². The molecule has 1 aromatic carbocycles. The van der Waals surface area contributed by atoms with Crippen LogP contribution in [0.2, 0.25) is 0 Å². The quantitative estimate of drug-likeness (QED) is 0.891. The number of aliphatic carboxylic acids is 1. The fourth-order valence-corrected chi connectivity index (χ4v) is 2.74. The number of halogens is 3. The molecule has 1 saturated heterocycles. The Morgan fingerprint density at radius 2 is 2.09 bits per heavy atom. The molecule has 0 saturated carbocycles. The third kappa shape index (κ3) is 2.66. The van der Waals surface area contributed by atoms with Crippen molar-refractivity contribution in [3.63, 3.8) is 0 Å². The summed E-state index contributed by atoms with van der Waals surface area (Å²) in [7, 11) is 0. The first-order chi connectivity index (χ1) is 10.4. The number of carbonyl (C=O) groups is 1. The Morgan fingerprint density at radius 3 is 2.73 bits per heavy atom. The summed E-state index contributed by atoms with van der Waals surface area (Å²) in [5, 5.41) is 11.7. The number of rotatable bonds is 2. The molecule has 3 atom stereocenters. The fraction of sp³-hybridized carbons (Fsp3) is 0.429. The van der Waals surface area contributed by atoms with Gasteiger partial charge in [0.2, 0.25) is 5.89 Å². The van der Waals surface area contributed by atoms with Crippen LogP contribution >= 0.6 is 0 Å². The lowest BCUT2D eigenvalue weighted by molar-refractivity contribution is -0.183. The summed E-state index contributed by atoms with van der Waals surface area (Å²) in [5.74, 6) is -3.78. The van der Waals surface area contributed by atoms with Crippen LogP contribution in [0, 0.1) is 5.92 Å². The number of nitrogens with one attached hydrogen (secondary N) is 1. The number of carboxylic acids is 1. The molecule has 0 aliphatic carbocycles. The van der Waals surface area contributed by atoms with E-state index in [2.05, 4.69) is 10.3 Å². The van der Waals surface area contributed by atoms with E-state index < -0.39 is 36.6 Å².